The third-order valence-corrected chi connectivity index (χ3v) is 10.2. The lowest BCUT2D eigenvalue weighted by atomic mass is 9.71. The molecule has 1 atom stereocenters. The zero-order chi connectivity index (χ0) is 33.1. The Hall–Kier alpha value is -2.48. The Morgan fingerprint density at radius 1 is 0.523 bits per heavy atom. The van der Waals surface area contributed by atoms with Crippen molar-refractivity contribution >= 4 is 7.32 Å². The molecule has 0 aliphatic rings. The van der Waals surface area contributed by atoms with E-state index in [-0.39, 0.29) is 5.92 Å². The van der Waals surface area contributed by atoms with E-state index in [2.05, 4.69) is 55.4 Å². The third kappa shape index (κ3) is 10.6. The molecular formula is C38H61BN2O3. The van der Waals surface area contributed by atoms with Crippen molar-refractivity contribution in [2.45, 2.75) is 80.3 Å². The van der Waals surface area contributed by atoms with Gasteiger partial charge in [-0.2, -0.15) is 0 Å². The number of benzene rings is 3. The maximum absolute atomic E-state index is 11.8. The molecule has 0 spiro atoms. The lowest BCUT2D eigenvalue weighted by Crippen LogP contribution is -2.55. The molecule has 5 nitrogen and oxygen atoms in total. The Morgan fingerprint density at radius 2 is 0.818 bits per heavy atom. The van der Waals surface area contributed by atoms with Gasteiger partial charge < -0.3 is 23.7 Å². The van der Waals surface area contributed by atoms with E-state index in [0.29, 0.717) is 6.42 Å². The average molecular weight is 605 g/mol. The highest BCUT2D eigenvalue weighted by Crippen LogP contribution is 2.47. The molecule has 0 fully saturated rings. The molecule has 0 aromatic heterocycles. The van der Waals surface area contributed by atoms with Crippen LogP contribution < -0.4 is 10.0 Å². The van der Waals surface area contributed by atoms with Gasteiger partial charge in [0.25, 0.3) is 0 Å². The van der Waals surface area contributed by atoms with Gasteiger partial charge in [0, 0.05) is 5.92 Å². The van der Waals surface area contributed by atoms with Crippen LogP contribution in [0.1, 0.15) is 91.3 Å². The van der Waals surface area contributed by atoms with Crippen LogP contribution in [0.2, 0.25) is 0 Å². The highest BCUT2D eigenvalue weighted by Gasteiger charge is 2.42. The number of nitrogens with zero attached hydrogens (tertiary/aromatic N) is 2. The van der Waals surface area contributed by atoms with E-state index < -0.39 is 12.9 Å². The summed E-state index contributed by atoms with van der Waals surface area (Å²) in [6.07, 6.45) is 0.709. The van der Waals surface area contributed by atoms with Gasteiger partial charge in [-0.05, 0) is 78.5 Å². The lowest BCUT2D eigenvalue weighted by molar-refractivity contribution is -0.921. The Bertz CT molecular complexity index is 1010. The monoisotopic (exact) mass is 604 g/mol. The maximum Gasteiger partial charge on any atom is 0.106 e. The topological polar surface area (TPSA) is 55.3 Å². The summed E-state index contributed by atoms with van der Waals surface area (Å²) in [5.74, 6) is -0.182. The number of rotatable bonds is 15. The second kappa shape index (κ2) is 20.5. The van der Waals surface area contributed by atoms with Crippen LogP contribution in [0.4, 0.5) is 0 Å². The van der Waals surface area contributed by atoms with Crippen molar-refractivity contribution in [2.24, 2.45) is 0 Å². The van der Waals surface area contributed by atoms with Crippen LogP contribution in [0.25, 0.3) is 0 Å². The van der Waals surface area contributed by atoms with Gasteiger partial charge in [0.1, 0.15) is 5.60 Å². The zero-order valence-electron chi connectivity index (χ0n) is 29.3. The van der Waals surface area contributed by atoms with Gasteiger partial charge in [-0.25, -0.2) is 0 Å². The molecule has 0 amide bonds. The molecule has 0 aliphatic heterocycles. The molecule has 1 unspecified atom stereocenters. The Kier molecular flexibility index (Phi) is 18.5. The Morgan fingerprint density at radius 3 is 1.05 bits per heavy atom. The average Bonchev–Trinajstić information content (AvgIpc) is 3.09. The number of hydrogen-bond donors (Lipinski definition) is 0. The minimum absolute atomic E-state index is 0.182. The van der Waals surface area contributed by atoms with Gasteiger partial charge in [0.15, 0.2) is 0 Å². The van der Waals surface area contributed by atoms with Crippen molar-refractivity contribution in [1.82, 2.24) is 0 Å². The predicted octanol–water partition coefficient (Wildman–Crippen LogP) is 6.61. The molecule has 0 radical (unpaired) electrons. The van der Waals surface area contributed by atoms with Crippen molar-refractivity contribution < 1.29 is 23.7 Å². The molecule has 244 valence electrons. The predicted molar refractivity (Wildman–Crippen MR) is 185 cm³/mol. The molecule has 0 saturated carbocycles. The van der Waals surface area contributed by atoms with Crippen molar-refractivity contribution in [3.05, 3.63) is 108 Å². The van der Waals surface area contributed by atoms with E-state index in [1.54, 1.807) is 0 Å². The molecule has 3 aromatic rings. The summed E-state index contributed by atoms with van der Waals surface area (Å²) >= 11 is 0. The maximum atomic E-state index is 11.8. The van der Waals surface area contributed by atoms with Crippen LogP contribution in [0.5, 0.6) is 0 Å². The summed E-state index contributed by atoms with van der Waals surface area (Å²) in [6.45, 7) is 30.5. The first-order valence-electron chi connectivity index (χ1n) is 17.0. The van der Waals surface area contributed by atoms with Gasteiger partial charge in [-0.3, -0.25) is 0 Å². The van der Waals surface area contributed by atoms with Crippen LogP contribution in [-0.2, 0) is 10.3 Å². The van der Waals surface area contributed by atoms with Gasteiger partial charge in [-0.1, -0.05) is 97.9 Å². The second-order valence-electron chi connectivity index (χ2n) is 11.5. The molecule has 44 heavy (non-hydrogen) atoms. The quantitative estimate of drug-likeness (QED) is 0.145. The minimum Gasteiger partial charge on any atom is -0.871 e. The van der Waals surface area contributed by atoms with E-state index in [1.165, 1.54) is 61.3 Å². The normalized spacial score (nSPS) is 12.3. The van der Waals surface area contributed by atoms with Gasteiger partial charge in [0.2, 0.25) is 0 Å². The molecule has 3 aromatic carbocycles. The fraction of sp³-hybridized carbons (Fsp3) is 0.526. The molecule has 0 heterocycles. The fourth-order valence-electron chi connectivity index (χ4n) is 6.44. The van der Waals surface area contributed by atoms with Crippen molar-refractivity contribution in [2.75, 3.05) is 52.4 Å². The summed E-state index contributed by atoms with van der Waals surface area (Å²) in [5, 5.41) is 23.5. The first-order valence-corrected chi connectivity index (χ1v) is 17.0. The van der Waals surface area contributed by atoms with E-state index in [9.17, 15) is 10.0 Å². The van der Waals surface area contributed by atoms with Crippen LogP contribution in [0.3, 0.4) is 0 Å². The van der Waals surface area contributed by atoms with Crippen LogP contribution >= 0.6 is 0 Å². The van der Waals surface area contributed by atoms with E-state index >= 15 is 0 Å². The lowest BCUT2D eigenvalue weighted by Gasteiger charge is -2.48. The van der Waals surface area contributed by atoms with Crippen LogP contribution in [0, 0.1) is 0 Å². The summed E-state index contributed by atoms with van der Waals surface area (Å²) in [6, 6.07) is 29.0. The van der Waals surface area contributed by atoms with E-state index in [4.69, 9.17) is 4.65 Å². The second-order valence-corrected chi connectivity index (χ2v) is 11.5. The van der Waals surface area contributed by atoms with Gasteiger partial charge >= 0.3 is 0 Å². The first-order chi connectivity index (χ1) is 21.2. The van der Waals surface area contributed by atoms with Gasteiger partial charge in [0.05, 0.1) is 59.7 Å². The largest absolute Gasteiger partial charge is 0.871 e. The summed E-state index contributed by atoms with van der Waals surface area (Å²) in [4.78, 5) is 0. The summed E-state index contributed by atoms with van der Waals surface area (Å²) < 4.78 is 8.26. The van der Waals surface area contributed by atoms with Crippen LogP contribution in [0.15, 0.2) is 91.0 Å². The fourth-order valence-corrected chi connectivity index (χ4v) is 6.44. The summed E-state index contributed by atoms with van der Waals surface area (Å²) in [5.41, 5.74) is 1.49. The zero-order valence-corrected chi connectivity index (χ0v) is 29.3. The number of hydrogen-bond acceptors (Lipinski definition) is 3. The van der Waals surface area contributed by atoms with Crippen molar-refractivity contribution in [3.63, 3.8) is 0 Å². The van der Waals surface area contributed by atoms with Crippen molar-refractivity contribution in [3.8, 4) is 0 Å². The smallest absolute Gasteiger partial charge is 0.106 e. The third-order valence-electron chi connectivity index (χ3n) is 10.2. The van der Waals surface area contributed by atoms with E-state index in [1.807, 2.05) is 97.9 Å². The molecule has 0 N–H and O–H groups in total. The Balaban J connectivity index is 0.000000443. The molecule has 6 heteroatoms. The standard InChI is InChI=1S/C22H21BO3.2C8H20N/c1-2-21(18-12-6-3-7-13-18)22(26-23(24)25,19-14-8-4-9-15-19)20-16-10-5-11-17-20;2*1-5-9(6-2,7-3)8-4/h3-17,21H,2H2,1H3;2*5-8H2,1-4H3/q-2;2*+1. The first kappa shape index (κ1) is 39.5. The molecule has 0 saturated heterocycles. The minimum atomic E-state index is -2.40. The van der Waals surface area contributed by atoms with Gasteiger partial charge in [-0.15, -0.1) is 0 Å². The Labute approximate surface area is 270 Å². The molecular weight excluding hydrogens is 543 g/mol. The molecule has 0 bridgehead atoms. The number of quaternary nitrogens is 2. The SMILES string of the molecule is CCC(c1ccccc1)C(OB([O-])[O-])(c1ccccc1)c1ccccc1.CC[N+](CC)(CC)CC.CC[N+](CC)(CC)CC. The molecule has 3 rings (SSSR count). The summed E-state index contributed by atoms with van der Waals surface area (Å²) in [7, 11) is -2.40. The van der Waals surface area contributed by atoms with Crippen LogP contribution in [-0.4, -0.2) is 68.6 Å². The van der Waals surface area contributed by atoms with E-state index in [0.717, 1.165) is 16.7 Å². The molecule has 0 aliphatic carbocycles. The highest BCUT2D eigenvalue weighted by molar-refractivity contribution is 6.28. The van der Waals surface area contributed by atoms with Crippen molar-refractivity contribution in [1.29, 1.82) is 0 Å². The highest BCUT2D eigenvalue weighted by atomic mass is 16.6.